The van der Waals surface area contributed by atoms with Crippen molar-refractivity contribution in [2.45, 2.75) is 32.0 Å². The fraction of sp³-hybridized carbons (Fsp3) is 0.300. The van der Waals surface area contributed by atoms with Crippen molar-refractivity contribution in [2.24, 2.45) is 5.16 Å². The molecule has 0 saturated heterocycles. The molecule has 0 amide bonds. The maximum Gasteiger partial charge on any atom is 0.333 e. The van der Waals surface area contributed by atoms with Gasteiger partial charge in [0.1, 0.15) is 0 Å². The number of hydrogen-bond acceptors (Lipinski definition) is 4. The van der Waals surface area contributed by atoms with Crippen LogP contribution < -0.4 is 0 Å². The first kappa shape index (κ1) is 18.4. The lowest BCUT2D eigenvalue weighted by molar-refractivity contribution is -0.149. The summed E-state index contributed by atoms with van der Waals surface area (Å²) in [5.74, 6) is -0.961. The van der Waals surface area contributed by atoms with E-state index in [0.717, 1.165) is 22.4 Å². The summed E-state index contributed by atoms with van der Waals surface area (Å²) in [5.41, 5.74) is 3.52. The highest BCUT2D eigenvalue weighted by Gasteiger charge is 2.26. The average Bonchev–Trinajstić information content (AvgIpc) is 3.12. The van der Waals surface area contributed by atoms with Gasteiger partial charge in [-0.15, -0.1) is 0 Å². The van der Waals surface area contributed by atoms with Crippen molar-refractivity contribution in [3.8, 4) is 0 Å². The number of nitrogens with zero attached hydrogens (tertiary/aromatic N) is 1. The molecule has 0 radical (unpaired) electrons. The van der Waals surface area contributed by atoms with Crippen molar-refractivity contribution >= 4 is 23.3 Å². The quantitative estimate of drug-likeness (QED) is 0.788. The molecule has 1 N–H and O–H groups in total. The fourth-order valence-corrected chi connectivity index (χ4v) is 3.22. The van der Waals surface area contributed by atoms with Gasteiger partial charge >= 0.3 is 5.97 Å². The third-order valence-corrected chi connectivity index (χ3v) is 4.59. The zero-order chi connectivity index (χ0) is 18.5. The molecular formula is C20H20ClNO4. The summed E-state index contributed by atoms with van der Waals surface area (Å²) < 4.78 is 5.29. The molecule has 3 rings (SSSR count). The molecule has 0 saturated carbocycles. The zero-order valence-electron chi connectivity index (χ0n) is 14.4. The molecular weight excluding hydrogens is 354 g/mol. The predicted octanol–water partition coefficient (Wildman–Crippen LogP) is 4.24. The minimum absolute atomic E-state index is 0.211. The zero-order valence-corrected chi connectivity index (χ0v) is 15.1. The molecule has 2 aromatic rings. The Kier molecular flexibility index (Phi) is 5.91. The maximum absolute atomic E-state index is 11.3. The largest absolute Gasteiger partial charge is 0.479 e. The Morgan fingerprint density at radius 2 is 2.15 bits per heavy atom. The molecule has 136 valence electrons. The summed E-state index contributed by atoms with van der Waals surface area (Å²) in [4.78, 5) is 16.9. The first-order valence-corrected chi connectivity index (χ1v) is 8.87. The fourth-order valence-electron chi connectivity index (χ4n) is 2.96. The average molecular weight is 374 g/mol. The third-order valence-electron chi connectivity index (χ3n) is 4.25. The molecule has 6 heteroatoms. The van der Waals surface area contributed by atoms with Crippen LogP contribution in [-0.2, 0) is 20.8 Å². The van der Waals surface area contributed by atoms with Crippen LogP contribution in [-0.4, -0.2) is 29.5 Å². The van der Waals surface area contributed by atoms with Gasteiger partial charge in [0.2, 0.25) is 0 Å². The number of hydrogen-bond donors (Lipinski definition) is 1. The second-order valence-corrected chi connectivity index (χ2v) is 6.45. The van der Waals surface area contributed by atoms with Gasteiger partial charge in [-0.1, -0.05) is 53.2 Å². The lowest BCUT2D eigenvalue weighted by Gasteiger charge is -2.13. The number of carboxylic acids is 1. The minimum atomic E-state index is -0.961. The van der Waals surface area contributed by atoms with Gasteiger partial charge in [-0.25, -0.2) is 4.79 Å². The topological polar surface area (TPSA) is 68.1 Å². The van der Waals surface area contributed by atoms with Gasteiger partial charge in [-0.05, 0) is 30.2 Å². The van der Waals surface area contributed by atoms with Gasteiger partial charge in [-0.2, -0.15) is 0 Å². The van der Waals surface area contributed by atoms with Crippen LogP contribution in [0.15, 0.2) is 53.7 Å². The van der Waals surface area contributed by atoms with E-state index >= 15 is 0 Å². The summed E-state index contributed by atoms with van der Waals surface area (Å²) in [6.07, 6.45) is -0.148. The second kappa shape index (κ2) is 8.34. The predicted molar refractivity (Wildman–Crippen MR) is 99.6 cm³/mol. The highest BCUT2D eigenvalue weighted by Crippen LogP contribution is 2.33. The molecule has 0 bridgehead atoms. The van der Waals surface area contributed by atoms with E-state index in [1.165, 1.54) is 0 Å². The van der Waals surface area contributed by atoms with Crippen LogP contribution in [0.3, 0.4) is 0 Å². The Hall–Kier alpha value is -2.37. The first-order chi connectivity index (χ1) is 12.6. The number of carbonyl (C=O) groups is 1. The molecule has 26 heavy (non-hydrogen) atoms. The van der Waals surface area contributed by atoms with Crippen molar-refractivity contribution in [1.29, 1.82) is 0 Å². The monoisotopic (exact) mass is 373 g/mol. The molecule has 1 heterocycles. The van der Waals surface area contributed by atoms with Gasteiger partial charge < -0.3 is 14.7 Å². The van der Waals surface area contributed by atoms with Gasteiger partial charge in [0.05, 0.1) is 5.71 Å². The molecule has 1 aliphatic rings. The molecule has 0 aromatic heterocycles. The van der Waals surface area contributed by atoms with Crippen molar-refractivity contribution in [2.75, 3.05) is 6.61 Å². The van der Waals surface area contributed by atoms with Crippen molar-refractivity contribution < 1.29 is 19.5 Å². The number of ether oxygens (including phenoxy) is 1. The Labute approximate surface area is 157 Å². The summed E-state index contributed by atoms with van der Waals surface area (Å²) in [7, 11) is 0. The van der Waals surface area contributed by atoms with E-state index in [1.807, 2.05) is 48.5 Å². The minimum Gasteiger partial charge on any atom is -0.479 e. The molecule has 2 aromatic carbocycles. The van der Waals surface area contributed by atoms with Crippen LogP contribution in [0.25, 0.3) is 0 Å². The van der Waals surface area contributed by atoms with E-state index in [4.69, 9.17) is 21.2 Å². The molecule has 5 nitrogen and oxygen atoms in total. The Bertz CT molecular complexity index is 821. The van der Waals surface area contributed by atoms with Gasteiger partial charge in [0.25, 0.3) is 0 Å². The normalized spacial score (nSPS) is 17.5. The van der Waals surface area contributed by atoms with Gasteiger partial charge in [0, 0.05) is 30.0 Å². The lowest BCUT2D eigenvalue weighted by Crippen LogP contribution is -2.26. The van der Waals surface area contributed by atoms with E-state index in [0.29, 0.717) is 24.5 Å². The maximum atomic E-state index is 11.3. The van der Waals surface area contributed by atoms with E-state index in [2.05, 4.69) is 5.16 Å². The number of oxime groups is 1. The SMILES string of the molecule is CCO[C@H](Cc1cccc(C2=NOC(c3ccccc3Cl)C2)c1)C(=O)O. The van der Waals surface area contributed by atoms with E-state index in [-0.39, 0.29) is 6.10 Å². The van der Waals surface area contributed by atoms with Crippen LogP contribution in [0.5, 0.6) is 0 Å². The smallest absolute Gasteiger partial charge is 0.333 e. The molecule has 0 aliphatic carbocycles. The Balaban J connectivity index is 1.73. The molecule has 0 spiro atoms. The van der Waals surface area contributed by atoms with Crippen LogP contribution in [0.1, 0.15) is 36.1 Å². The second-order valence-electron chi connectivity index (χ2n) is 6.04. The van der Waals surface area contributed by atoms with E-state index < -0.39 is 12.1 Å². The Morgan fingerprint density at radius 1 is 1.35 bits per heavy atom. The van der Waals surface area contributed by atoms with E-state index in [1.54, 1.807) is 6.92 Å². The highest BCUT2D eigenvalue weighted by molar-refractivity contribution is 6.31. The number of benzene rings is 2. The molecule has 1 aliphatic heterocycles. The number of carboxylic acid groups (broad SMARTS) is 1. The third kappa shape index (κ3) is 4.23. The van der Waals surface area contributed by atoms with Crippen LogP contribution in [0.2, 0.25) is 5.02 Å². The van der Waals surface area contributed by atoms with Gasteiger partial charge in [0.15, 0.2) is 12.2 Å². The van der Waals surface area contributed by atoms with Crippen molar-refractivity contribution in [3.05, 3.63) is 70.2 Å². The Morgan fingerprint density at radius 3 is 2.88 bits per heavy atom. The summed E-state index contributed by atoms with van der Waals surface area (Å²) in [5, 5.41) is 14.1. The number of aliphatic carboxylic acids is 1. The van der Waals surface area contributed by atoms with Crippen molar-refractivity contribution in [3.63, 3.8) is 0 Å². The van der Waals surface area contributed by atoms with Crippen LogP contribution in [0, 0.1) is 0 Å². The summed E-state index contributed by atoms with van der Waals surface area (Å²) in [6, 6.07) is 15.2. The standard InChI is InChI=1S/C20H20ClNO4/c1-2-25-19(20(23)24)11-13-6-5-7-14(10-13)17-12-18(26-22-17)15-8-3-4-9-16(15)21/h3-10,18-19H,2,11-12H2,1H3,(H,23,24)/t18?,19-/m1/s1. The lowest BCUT2D eigenvalue weighted by atomic mass is 9.97. The summed E-state index contributed by atoms with van der Waals surface area (Å²) in [6.45, 7) is 2.14. The molecule has 1 unspecified atom stereocenters. The summed E-state index contributed by atoms with van der Waals surface area (Å²) >= 11 is 6.24. The van der Waals surface area contributed by atoms with Crippen molar-refractivity contribution in [1.82, 2.24) is 0 Å². The molecule has 2 atom stereocenters. The number of rotatable bonds is 7. The highest BCUT2D eigenvalue weighted by atomic mass is 35.5. The van der Waals surface area contributed by atoms with Crippen LogP contribution >= 0.6 is 11.6 Å². The molecule has 0 fully saturated rings. The van der Waals surface area contributed by atoms with Crippen LogP contribution in [0.4, 0.5) is 0 Å². The van der Waals surface area contributed by atoms with E-state index in [9.17, 15) is 9.90 Å². The first-order valence-electron chi connectivity index (χ1n) is 8.49. The van der Waals surface area contributed by atoms with Gasteiger partial charge in [-0.3, -0.25) is 0 Å². The number of halogens is 1.